The van der Waals surface area contributed by atoms with Crippen LogP contribution in [0.15, 0.2) is 91.0 Å². The van der Waals surface area contributed by atoms with Crippen molar-refractivity contribution in [2.75, 3.05) is 12.1 Å². The lowest BCUT2D eigenvalue weighted by molar-refractivity contribution is -0.140. The van der Waals surface area contributed by atoms with Crippen LogP contribution < -0.4 is 14.8 Å². The van der Waals surface area contributed by atoms with Gasteiger partial charge in [0.15, 0.2) is 11.5 Å². The van der Waals surface area contributed by atoms with Gasteiger partial charge in [-0.2, -0.15) is 0 Å². The minimum absolute atomic E-state index is 0.0401. The Hall–Kier alpha value is -4.96. The number of rotatable bonds is 8. The highest BCUT2D eigenvalue weighted by atomic mass is 35.5. The molecule has 9 nitrogen and oxygen atoms in total. The number of halogens is 2. The molecule has 2 amide bonds. The van der Waals surface area contributed by atoms with Gasteiger partial charge in [0.2, 0.25) is 12.7 Å². The van der Waals surface area contributed by atoms with Crippen LogP contribution >= 0.6 is 11.6 Å². The summed E-state index contributed by atoms with van der Waals surface area (Å²) in [5.41, 5.74) is 2.76. The van der Waals surface area contributed by atoms with Crippen molar-refractivity contribution in [3.63, 3.8) is 0 Å². The second kappa shape index (κ2) is 11.3. The molecular formula is C30H23ClFN5O4. The van der Waals surface area contributed by atoms with Gasteiger partial charge in [0.05, 0.1) is 5.52 Å². The molecule has 0 saturated carbocycles. The highest BCUT2D eigenvalue weighted by molar-refractivity contribution is 6.30. The summed E-state index contributed by atoms with van der Waals surface area (Å²) >= 11 is 6.09. The van der Waals surface area contributed by atoms with Crippen LogP contribution in [0.3, 0.4) is 0 Å². The Morgan fingerprint density at radius 2 is 1.78 bits per heavy atom. The van der Waals surface area contributed by atoms with Crippen molar-refractivity contribution in [1.82, 2.24) is 19.9 Å². The fourth-order valence-electron chi connectivity index (χ4n) is 4.70. The summed E-state index contributed by atoms with van der Waals surface area (Å²) in [6.07, 6.45) is 0. The van der Waals surface area contributed by atoms with Crippen LogP contribution in [0.1, 0.15) is 17.2 Å². The Labute approximate surface area is 239 Å². The Balaban J connectivity index is 1.39. The summed E-state index contributed by atoms with van der Waals surface area (Å²) < 4.78 is 26.8. The molecule has 41 heavy (non-hydrogen) atoms. The first-order valence-corrected chi connectivity index (χ1v) is 13.1. The lowest BCUT2D eigenvalue weighted by atomic mass is 10.0. The molecule has 2 heterocycles. The van der Waals surface area contributed by atoms with Gasteiger partial charge in [0.25, 0.3) is 5.91 Å². The number of carbonyl (C=O) groups excluding carboxylic acids is 2. The quantitative estimate of drug-likeness (QED) is 0.269. The summed E-state index contributed by atoms with van der Waals surface area (Å²) in [5, 5.41) is 11.7. The maximum Gasteiger partial charge on any atom is 0.251 e. The number of anilines is 1. The highest BCUT2D eigenvalue weighted by Crippen LogP contribution is 2.35. The van der Waals surface area contributed by atoms with Crippen molar-refractivity contribution in [2.45, 2.75) is 19.1 Å². The van der Waals surface area contributed by atoms with Crippen LogP contribution in [0.2, 0.25) is 5.02 Å². The molecule has 0 bridgehead atoms. The molecule has 1 atom stereocenters. The van der Waals surface area contributed by atoms with E-state index in [0.717, 1.165) is 5.56 Å². The number of aromatic nitrogens is 3. The van der Waals surface area contributed by atoms with Crippen molar-refractivity contribution in [3.8, 4) is 11.5 Å². The highest BCUT2D eigenvalue weighted by Gasteiger charge is 2.33. The zero-order chi connectivity index (χ0) is 28.3. The SMILES string of the molecule is O=C(Nc1ccc2c(c1)OCO2)C(c1cccc(F)c1)N(Cc1ccc(Cl)cc1)C(=O)Cn1nnc2ccccc21. The molecule has 0 aliphatic carbocycles. The van der Waals surface area contributed by atoms with Crippen LogP contribution in [0.25, 0.3) is 11.0 Å². The standard InChI is InChI=1S/C30H23ClFN5O4/c31-21-10-8-19(9-11-21)16-36(28(38)17-37-25-7-2-1-6-24(25)34-35-37)29(20-4-3-5-22(32)14-20)30(39)33-23-12-13-26-27(15-23)41-18-40-26/h1-15,29H,16-18H2,(H,33,39). The van der Waals surface area contributed by atoms with E-state index in [9.17, 15) is 14.0 Å². The van der Waals surface area contributed by atoms with Crippen molar-refractivity contribution in [3.05, 3.63) is 113 Å². The number of ether oxygens (including phenoxy) is 2. The predicted octanol–water partition coefficient (Wildman–Crippen LogP) is 5.36. The van der Waals surface area contributed by atoms with Crippen molar-refractivity contribution in [2.24, 2.45) is 0 Å². The Bertz CT molecular complexity index is 1740. The van der Waals surface area contributed by atoms with E-state index in [-0.39, 0.29) is 19.9 Å². The maximum atomic E-state index is 14.5. The molecule has 1 unspecified atom stereocenters. The van der Waals surface area contributed by atoms with Crippen LogP contribution in [0.4, 0.5) is 10.1 Å². The molecule has 206 valence electrons. The van der Waals surface area contributed by atoms with E-state index in [0.29, 0.717) is 38.8 Å². The molecule has 0 fully saturated rings. The predicted molar refractivity (Wildman–Crippen MR) is 150 cm³/mol. The van der Waals surface area contributed by atoms with E-state index in [2.05, 4.69) is 15.6 Å². The average molecular weight is 572 g/mol. The average Bonchev–Trinajstić information content (AvgIpc) is 3.61. The van der Waals surface area contributed by atoms with Crippen molar-refractivity contribution < 1.29 is 23.5 Å². The third-order valence-electron chi connectivity index (χ3n) is 6.66. The molecule has 0 radical (unpaired) electrons. The molecule has 1 aliphatic rings. The van der Waals surface area contributed by atoms with Gasteiger partial charge in [-0.25, -0.2) is 9.07 Å². The van der Waals surface area contributed by atoms with Gasteiger partial charge in [-0.05, 0) is 59.7 Å². The number of fused-ring (bicyclic) bond motifs is 2. The third-order valence-corrected chi connectivity index (χ3v) is 6.91. The summed E-state index contributed by atoms with van der Waals surface area (Å²) in [5.74, 6) is -0.461. The lowest BCUT2D eigenvalue weighted by Gasteiger charge is -2.31. The second-order valence-corrected chi connectivity index (χ2v) is 9.84. The van der Waals surface area contributed by atoms with E-state index in [1.807, 2.05) is 18.2 Å². The Kier molecular flexibility index (Phi) is 7.22. The topological polar surface area (TPSA) is 98.6 Å². The summed E-state index contributed by atoms with van der Waals surface area (Å²) in [7, 11) is 0. The molecule has 4 aromatic carbocycles. The number of hydrogen-bond donors (Lipinski definition) is 1. The molecule has 0 saturated heterocycles. The summed E-state index contributed by atoms with van der Waals surface area (Å²) in [6, 6.07) is 23.6. The zero-order valence-electron chi connectivity index (χ0n) is 21.5. The van der Waals surface area contributed by atoms with E-state index in [1.54, 1.807) is 54.6 Å². The van der Waals surface area contributed by atoms with Crippen molar-refractivity contribution in [1.29, 1.82) is 0 Å². The summed E-state index contributed by atoms with van der Waals surface area (Å²) in [6.45, 7) is -0.0748. The number of amides is 2. The molecule has 5 aromatic rings. The molecule has 1 N–H and O–H groups in total. The smallest absolute Gasteiger partial charge is 0.251 e. The molecule has 6 rings (SSSR count). The fourth-order valence-corrected chi connectivity index (χ4v) is 4.82. The van der Waals surface area contributed by atoms with Gasteiger partial charge in [0, 0.05) is 23.3 Å². The second-order valence-electron chi connectivity index (χ2n) is 9.40. The summed E-state index contributed by atoms with van der Waals surface area (Å²) in [4.78, 5) is 29.4. The number of nitrogens with zero attached hydrogens (tertiary/aromatic N) is 4. The monoisotopic (exact) mass is 571 g/mol. The number of nitrogens with one attached hydrogen (secondary N) is 1. The van der Waals surface area contributed by atoms with Gasteiger partial charge < -0.3 is 19.7 Å². The number of benzene rings is 4. The third kappa shape index (κ3) is 5.68. The van der Waals surface area contributed by atoms with Gasteiger partial charge >= 0.3 is 0 Å². The van der Waals surface area contributed by atoms with Crippen LogP contribution in [-0.4, -0.2) is 38.5 Å². The van der Waals surface area contributed by atoms with E-state index >= 15 is 0 Å². The van der Waals surface area contributed by atoms with Gasteiger partial charge in [-0.15, -0.1) is 5.10 Å². The number of para-hydroxylation sites is 1. The first-order valence-electron chi connectivity index (χ1n) is 12.7. The maximum absolute atomic E-state index is 14.5. The van der Waals surface area contributed by atoms with Crippen molar-refractivity contribution >= 4 is 40.1 Å². The fraction of sp³-hybridized carbons (Fsp3) is 0.133. The first kappa shape index (κ1) is 26.3. The molecule has 11 heteroatoms. The van der Waals surface area contributed by atoms with Gasteiger partial charge in [-0.3, -0.25) is 9.59 Å². The van der Waals surface area contributed by atoms with Crippen LogP contribution in [0, 0.1) is 5.82 Å². The van der Waals surface area contributed by atoms with Crippen LogP contribution in [-0.2, 0) is 22.7 Å². The Morgan fingerprint density at radius 1 is 0.976 bits per heavy atom. The number of hydrogen-bond acceptors (Lipinski definition) is 6. The van der Waals surface area contributed by atoms with Gasteiger partial charge in [0.1, 0.15) is 23.9 Å². The van der Waals surface area contributed by atoms with Gasteiger partial charge in [-0.1, -0.05) is 53.2 Å². The van der Waals surface area contributed by atoms with E-state index < -0.39 is 23.7 Å². The minimum atomic E-state index is -1.20. The number of carbonyl (C=O) groups is 2. The van der Waals surface area contributed by atoms with E-state index in [4.69, 9.17) is 21.1 Å². The molecule has 1 aromatic heterocycles. The zero-order valence-corrected chi connectivity index (χ0v) is 22.3. The molecule has 0 spiro atoms. The Morgan fingerprint density at radius 3 is 2.61 bits per heavy atom. The van der Waals surface area contributed by atoms with Crippen LogP contribution in [0.5, 0.6) is 11.5 Å². The minimum Gasteiger partial charge on any atom is -0.454 e. The first-order chi connectivity index (χ1) is 19.9. The lowest BCUT2D eigenvalue weighted by Crippen LogP contribution is -2.42. The molecule has 1 aliphatic heterocycles. The van der Waals surface area contributed by atoms with E-state index in [1.165, 1.54) is 27.8 Å². The normalized spacial score (nSPS) is 12.7. The largest absolute Gasteiger partial charge is 0.454 e. The molecular weight excluding hydrogens is 549 g/mol.